The molecule has 1 aromatic rings. The highest BCUT2D eigenvalue weighted by Gasteiger charge is 2.32. The maximum atomic E-state index is 10.8. The van der Waals surface area contributed by atoms with E-state index in [9.17, 15) is 5.11 Å². The summed E-state index contributed by atoms with van der Waals surface area (Å²) in [6, 6.07) is 9.93. The monoisotopic (exact) mass is 235 g/mol. The van der Waals surface area contributed by atoms with Gasteiger partial charge >= 0.3 is 0 Å². The Hall–Kier alpha value is -0.860. The van der Waals surface area contributed by atoms with Crippen LogP contribution in [0.3, 0.4) is 0 Å². The van der Waals surface area contributed by atoms with Crippen LogP contribution in [0.5, 0.6) is 0 Å². The van der Waals surface area contributed by atoms with Crippen molar-refractivity contribution in [2.24, 2.45) is 11.8 Å². The highest BCUT2D eigenvalue weighted by molar-refractivity contribution is 5.23. The first kappa shape index (κ1) is 14.2. The van der Waals surface area contributed by atoms with Gasteiger partial charge in [0.2, 0.25) is 0 Å². The number of aliphatic hydroxyl groups is 1. The third kappa shape index (κ3) is 3.83. The van der Waals surface area contributed by atoms with Crippen molar-refractivity contribution in [1.82, 2.24) is 5.32 Å². The minimum absolute atomic E-state index is 0.185. The van der Waals surface area contributed by atoms with Gasteiger partial charge in [-0.2, -0.15) is 0 Å². The Morgan fingerprint density at radius 2 is 1.71 bits per heavy atom. The molecule has 1 aromatic carbocycles. The molecule has 0 bridgehead atoms. The molecule has 2 N–H and O–H groups in total. The van der Waals surface area contributed by atoms with Gasteiger partial charge in [0.25, 0.3) is 0 Å². The average Bonchev–Trinajstić information content (AvgIpc) is 2.29. The van der Waals surface area contributed by atoms with Gasteiger partial charge in [0.1, 0.15) is 5.60 Å². The Balaban J connectivity index is 2.76. The smallest absolute Gasteiger partial charge is 0.104 e. The summed E-state index contributed by atoms with van der Waals surface area (Å²) in [5.74, 6) is 0.784. The fourth-order valence-corrected chi connectivity index (χ4v) is 1.92. The lowest BCUT2D eigenvalue weighted by atomic mass is 9.83. The van der Waals surface area contributed by atoms with Crippen molar-refractivity contribution in [3.05, 3.63) is 35.9 Å². The number of rotatable bonds is 6. The maximum absolute atomic E-state index is 10.8. The maximum Gasteiger partial charge on any atom is 0.104 e. The van der Waals surface area contributed by atoms with Gasteiger partial charge in [-0.1, -0.05) is 58.0 Å². The van der Waals surface area contributed by atoms with Crippen LogP contribution >= 0.6 is 0 Å². The zero-order chi connectivity index (χ0) is 12.9. The average molecular weight is 235 g/mol. The molecule has 0 saturated carbocycles. The molecule has 96 valence electrons. The highest BCUT2D eigenvalue weighted by Crippen LogP contribution is 2.28. The number of nitrogens with one attached hydrogen (secondary N) is 1. The molecule has 0 fully saturated rings. The summed E-state index contributed by atoms with van der Waals surface area (Å²) in [7, 11) is 0. The molecule has 0 spiro atoms. The summed E-state index contributed by atoms with van der Waals surface area (Å²) in [4.78, 5) is 0. The van der Waals surface area contributed by atoms with E-state index in [1.165, 1.54) is 0 Å². The topological polar surface area (TPSA) is 32.3 Å². The lowest BCUT2D eigenvalue weighted by molar-refractivity contribution is -0.00958. The van der Waals surface area contributed by atoms with Gasteiger partial charge in [0.15, 0.2) is 0 Å². The first-order valence-corrected chi connectivity index (χ1v) is 6.45. The molecule has 1 rings (SSSR count). The van der Waals surface area contributed by atoms with Crippen LogP contribution in [0.15, 0.2) is 30.3 Å². The molecule has 0 aliphatic carbocycles. The van der Waals surface area contributed by atoms with Crippen LogP contribution in [-0.4, -0.2) is 18.2 Å². The Labute approximate surface area is 105 Å². The van der Waals surface area contributed by atoms with Crippen molar-refractivity contribution in [1.29, 1.82) is 0 Å². The number of benzene rings is 1. The van der Waals surface area contributed by atoms with Crippen molar-refractivity contribution in [3.8, 4) is 0 Å². The van der Waals surface area contributed by atoms with Crippen molar-refractivity contribution in [2.75, 3.05) is 13.1 Å². The predicted molar refractivity (Wildman–Crippen MR) is 72.9 cm³/mol. The van der Waals surface area contributed by atoms with E-state index in [0.29, 0.717) is 12.5 Å². The minimum Gasteiger partial charge on any atom is -0.384 e. The van der Waals surface area contributed by atoms with Gasteiger partial charge in [0.05, 0.1) is 0 Å². The Morgan fingerprint density at radius 3 is 2.18 bits per heavy atom. The van der Waals surface area contributed by atoms with Crippen molar-refractivity contribution in [3.63, 3.8) is 0 Å². The largest absolute Gasteiger partial charge is 0.384 e. The lowest BCUT2D eigenvalue weighted by Crippen LogP contribution is -2.43. The van der Waals surface area contributed by atoms with E-state index >= 15 is 0 Å². The number of hydrogen-bond donors (Lipinski definition) is 2. The summed E-state index contributed by atoms with van der Waals surface area (Å²) < 4.78 is 0. The summed E-state index contributed by atoms with van der Waals surface area (Å²) in [5, 5.41) is 14.2. The van der Waals surface area contributed by atoms with E-state index in [1.807, 2.05) is 30.3 Å². The fraction of sp³-hybridized carbons (Fsp3) is 0.600. The van der Waals surface area contributed by atoms with E-state index in [0.717, 1.165) is 12.1 Å². The normalized spacial score (nSPS) is 15.2. The van der Waals surface area contributed by atoms with Crippen LogP contribution in [0, 0.1) is 11.8 Å². The van der Waals surface area contributed by atoms with Gasteiger partial charge in [0, 0.05) is 6.54 Å². The standard InChI is InChI=1S/C15H25NO/c1-12(2)10-16-11-15(17,13(3)4)14-8-6-5-7-9-14/h5-9,12-13,16-17H,10-11H2,1-4H3. The predicted octanol–water partition coefficient (Wildman–Crippen LogP) is 2.78. The minimum atomic E-state index is -0.782. The van der Waals surface area contributed by atoms with E-state index in [1.54, 1.807) is 0 Å². The van der Waals surface area contributed by atoms with Crippen LogP contribution in [-0.2, 0) is 5.60 Å². The molecular formula is C15H25NO. The summed E-state index contributed by atoms with van der Waals surface area (Å²) >= 11 is 0. The summed E-state index contributed by atoms with van der Waals surface area (Å²) in [6.07, 6.45) is 0. The second-order valence-electron chi connectivity index (χ2n) is 5.47. The summed E-state index contributed by atoms with van der Waals surface area (Å²) in [5.41, 5.74) is 0.210. The second-order valence-corrected chi connectivity index (χ2v) is 5.47. The molecule has 0 saturated heterocycles. The first-order valence-electron chi connectivity index (χ1n) is 6.45. The summed E-state index contributed by atoms with van der Waals surface area (Å²) in [6.45, 7) is 10.00. The molecule has 1 atom stereocenters. The van der Waals surface area contributed by atoms with Crippen molar-refractivity contribution >= 4 is 0 Å². The van der Waals surface area contributed by atoms with Crippen LogP contribution in [0.2, 0.25) is 0 Å². The van der Waals surface area contributed by atoms with E-state index < -0.39 is 5.60 Å². The molecule has 17 heavy (non-hydrogen) atoms. The van der Waals surface area contributed by atoms with Crippen molar-refractivity contribution in [2.45, 2.75) is 33.3 Å². The van der Waals surface area contributed by atoms with Gasteiger partial charge in [-0.25, -0.2) is 0 Å². The lowest BCUT2D eigenvalue weighted by Gasteiger charge is -2.33. The quantitative estimate of drug-likeness (QED) is 0.794. The van der Waals surface area contributed by atoms with E-state index in [4.69, 9.17) is 0 Å². The van der Waals surface area contributed by atoms with Gasteiger partial charge < -0.3 is 10.4 Å². The molecule has 0 radical (unpaired) electrons. The fourth-order valence-electron chi connectivity index (χ4n) is 1.92. The molecule has 0 aliphatic heterocycles. The Bertz CT molecular complexity index is 321. The zero-order valence-corrected chi connectivity index (χ0v) is 11.4. The molecule has 2 nitrogen and oxygen atoms in total. The molecule has 0 amide bonds. The Kier molecular flexibility index (Phi) is 5.16. The first-order chi connectivity index (χ1) is 7.97. The van der Waals surface area contributed by atoms with Crippen LogP contribution in [0.4, 0.5) is 0 Å². The van der Waals surface area contributed by atoms with Crippen LogP contribution < -0.4 is 5.32 Å². The third-order valence-corrected chi connectivity index (χ3v) is 3.18. The van der Waals surface area contributed by atoms with E-state index in [2.05, 4.69) is 33.0 Å². The molecule has 0 aromatic heterocycles. The van der Waals surface area contributed by atoms with Crippen molar-refractivity contribution < 1.29 is 5.11 Å². The highest BCUT2D eigenvalue weighted by atomic mass is 16.3. The second kappa shape index (κ2) is 6.18. The van der Waals surface area contributed by atoms with Gasteiger partial charge in [-0.3, -0.25) is 0 Å². The molecule has 2 heteroatoms. The van der Waals surface area contributed by atoms with Gasteiger partial charge in [-0.15, -0.1) is 0 Å². The van der Waals surface area contributed by atoms with Crippen LogP contribution in [0.1, 0.15) is 33.3 Å². The number of hydrogen-bond acceptors (Lipinski definition) is 2. The van der Waals surface area contributed by atoms with E-state index in [-0.39, 0.29) is 5.92 Å². The molecule has 0 heterocycles. The third-order valence-electron chi connectivity index (χ3n) is 3.18. The SMILES string of the molecule is CC(C)CNCC(O)(c1ccccc1)C(C)C. The molecular weight excluding hydrogens is 210 g/mol. The van der Waals surface area contributed by atoms with Crippen LogP contribution in [0.25, 0.3) is 0 Å². The van der Waals surface area contributed by atoms with Gasteiger partial charge in [-0.05, 0) is 23.9 Å². The Morgan fingerprint density at radius 1 is 1.12 bits per heavy atom. The molecule has 1 unspecified atom stereocenters. The zero-order valence-electron chi connectivity index (χ0n) is 11.4. The molecule has 0 aliphatic rings.